The van der Waals surface area contributed by atoms with Gasteiger partial charge >= 0.3 is 0 Å². The van der Waals surface area contributed by atoms with Gasteiger partial charge in [-0.2, -0.15) is 0 Å². The summed E-state index contributed by atoms with van der Waals surface area (Å²) in [7, 11) is 0. The molecule has 0 bridgehead atoms. The maximum Gasteiger partial charge on any atom is 0.0478 e. The van der Waals surface area contributed by atoms with Gasteiger partial charge in [0.1, 0.15) is 0 Å². The standard InChI is InChI=1S/C16H12ClN/c17-15-7-3-1-5-12(15)9-10-14-11-13-6-2-4-8-16(13)18-14/h1-11,18H/b10-9+. The Hall–Kier alpha value is -1.99. The van der Waals surface area contributed by atoms with Crippen LogP contribution in [0.25, 0.3) is 23.1 Å². The fraction of sp³-hybridized carbons (Fsp3) is 0. The van der Waals surface area contributed by atoms with Crippen molar-refractivity contribution >= 4 is 34.7 Å². The molecule has 18 heavy (non-hydrogen) atoms. The maximum absolute atomic E-state index is 6.11. The molecule has 0 spiro atoms. The van der Waals surface area contributed by atoms with Crippen LogP contribution in [0, 0.1) is 0 Å². The van der Waals surface area contributed by atoms with Gasteiger partial charge in [-0.15, -0.1) is 0 Å². The average molecular weight is 254 g/mol. The number of aromatic amines is 1. The van der Waals surface area contributed by atoms with E-state index in [9.17, 15) is 0 Å². The largest absolute Gasteiger partial charge is 0.355 e. The number of nitrogens with one attached hydrogen (secondary N) is 1. The van der Waals surface area contributed by atoms with Crippen molar-refractivity contribution < 1.29 is 0 Å². The number of hydrogen-bond donors (Lipinski definition) is 1. The van der Waals surface area contributed by atoms with Crippen LogP contribution in [0.15, 0.2) is 54.6 Å². The molecule has 0 aliphatic heterocycles. The molecule has 1 N–H and O–H groups in total. The van der Waals surface area contributed by atoms with Crippen LogP contribution in [0.4, 0.5) is 0 Å². The molecule has 0 amide bonds. The minimum Gasteiger partial charge on any atom is -0.355 e. The lowest BCUT2D eigenvalue weighted by Gasteiger charge is -1.95. The first kappa shape index (κ1) is 11.1. The van der Waals surface area contributed by atoms with Crippen LogP contribution in [0.1, 0.15) is 11.3 Å². The van der Waals surface area contributed by atoms with E-state index in [0.29, 0.717) is 0 Å². The Balaban J connectivity index is 1.95. The third-order valence-electron chi connectivity index (χ3n) is 2.90. The van der Waals surface area contributed by atoms with Crippen molar-refractivity contribution in [3.63, 3.8) is 0 Å². The Morgan fingerprint density at radius 1 is 0.889 bits per heavy atom. The fourth-order valence-corrected chi connectivity index (χ4v) is 2.17. The van der Waals surface area contributed by atoms with E-state index in [1.54, 1.807) is 0 Å². The number of benzene rings is 2. The summed E-state index contributed by atoms with van der Waals surface area (Å²) in [4.78, 5) is 3.36. The molecular weight excluding hydrogens is 242 g/mol. The van der Waals surface area contributed by atoms with Gasteiger partial charge in [0.2, 0.25) is 0 Å². The Labute approximate surface area is 111 Å². The molecule has 0 saturated heterocycles. The van der Waals surface area contributed by atoms with Gasteiger partial charge in [-0.05, 0) is 35.2 Å². The zero-order valence-corrected chi connectivity index (χ0v) is 10.5. The van der Waals surface area contributed by atoms with Crippen LogP contribution < -0.4 is 0 Å². The highest BCUT2D eigenvalue weighted by Gasteiger charge is 1.97. The minimum absolute atomic E-state index is 0.768. The molecule has 1 heterocycles. The number of fused-ring (bicyclic) bond motifs is 1. The molecule has 0 aliphatic rings. The summed E-state index contributed by atoms with van der Waals surface area (Å²) < 4.78 is 0. The maximum atomic E-state index is 6.11. The van der Waals surface area contributed by atoms with Gasteiger partial charge in [0.05, 0.1) is 0 Å². The quantitative estimate of drug-likeness (QED) is 0.662. The summed E-state index contributed by atoms with van der Waals surface area (Å²) in [5, 5.41) is 1.99. The highest BCUT2D eigenvalue weighted by molar-refractivity contribution is 6.32. The number of H-pyrrole nitrogens is 1. The SMILES string of the molecule is Clc1ccccc1/C=C/c1cc2ccccc2[nH]1. The normalized spacial score (nSPS) is 11.4. The Morgan fingerprint density at radius 3 is 2.50 bits per heavy atom. The number of aromatic nitrogens is 1. The van der Waals surface area contributed by atoms with Crippen molar-refractivity contribution in [1.82, 2.24) is 4.98 Å². The summed E-state index contributed by atoms with van der Waals surface area (Å²) in [6, 6.07) is 18.2. The molecular formula is C16H12ClN. The Bertz CT molecular complexity index is 677. The lowest BCUT2D eigenvalue weighted by Crippen LogP contribution is -1.74. The number of halogens is 1. The van der Waals surface area contributed by atoms with E-state index in [2.05, 4.69) is 23.2 Å². The third-order valence-corrected chi connectivity index (χ3v) is 3.24. The van der Waals surface area contributed by atoms with Crippen molar-refractivity contribution in [3.8, 4) is 0 Å². The van der Waals surface area contributed by atoms with E-state index in [-0.39, 0.29) is 0 Å². The fourth-order valence-electron chi connectivity index (χ4n) is 1.98. The first-order valence-corrected chi connectivity index (χ1v) is 6.21. The molecule has 0 saturated carbocycles. The molecule has 1 aromatic heterocycles. The highest BCUT2D eigenvalue weighted by Crippen LogP contribution is 2.19. The molecule has 3 rings (SSSR count). The van der Waals surface area contributed by atoms with Crippen LogP contribution in [-0.2, 0) is 0 Å². The molecule has 0 fully saturated rings. The number of rotatable bonds is 2. The van der Waals surface area contributed by atoms with Crippen molar-refractivity contribution in [3.05, 3.63) is 70.9 Å². The minimum atomic E-state index is 0.768. The zero-order chi connectivity index (χ0) is 12.4. The second-order valence-electron chi connectivity index (χ2n) is 4.17. The Morgan fingerprint density at radius 2 is 1.67 bits per heavy atom. The van der Waals surface area contributed by atoms with E-state index in [1.807, 2.05) is 48.6 Å². The van der Waals surface area contributed by atoms with Gasteiger partial charge < -0.3 is 4.98 Å². The summed E-state index contributed by atoms with van der Waals surface area (Å²) in [5.74, 6) is 0. The molecule has 2 heteroatoms. The second kappa shape index (κ2) is 4.71. The van der Waals surface area contributed by atoms with Gasteiger partial charge in [0.15, 0.2) is 0 Å². The van der Waals surface area contributed by atoms with Crippen LogP contribution >= 0.6 is 11.6 Å². The summed E-state index contributed by atoms with van der Waals surface area (Å²) >= 11 is 6.11. The molecule has 0 unspecified atom stereocenters. The van der Waals surface area contributed by atoms with Crippen LogP contribution in [0.2, 0.25) is 5.02 Å². The average Bonchev–Trinajstić information content (AvgIpc) is 2.80. The van der Waals surface area contributed by atoms with Gasteiger partial charge in [-0.1, -0.05) is 54.1 Å². The van der Waals surface area contributed by atoms with Gasteiger partial charge in [-0.3, -0.25) is 0 Å². The van der Waals surface area contributed by atoms with Crippen LogP contribution in [0.5, 0.6) is 0 Å². The molecule has 1 nitrogen and oxygen atoms in total. The van der Waals surface area contributed by atoms with E-state index >= 15 is 0 Å². The lowest BCUT2D eigenvalue weighted by atomic mass is 10.2. The van der Waals surface area contributed by atoms with Crippen LogP contribution in [0.3, 0.4) is 0 Å². The van der Waals surface area contributed by atoms with Crippen molar-refractivity contribution in [2.24, 2.45) is 0 Å². The number of para-hydroxylation sites is 1. The molecule has 0 atom stereocenters. The monoisotopic (exact) mass is 253 g/mol. The van der Waals surface area contributed by atoms with Gasteiger partial charge in [0.25, 0.3) is 0 Å². The van der Waals surface area contributed by atoms with E-state index in [0.717, 1.165) is 21.8 Å². The molecule has 0 aliphatic carbocycles. The predicted molar refractivity (Wildman–Crippen MR) is 78.7 cm³/mol. The van der Waals surface area contributed by atoms with Crippen molar-refractivity contribution in [2.45, 2.75) is 0 Å². The van der Waals surface area contributed by atoms with Crippen molar-refractivity contribution in [2.75, 3.05) is 0 Å². The summed E-state index contributed by atoms with van der Waals surface area (Å²) in [5.41, 5.74) is 3.25. The van der Waals surface area contributed by atoms with Gasteiger partial charge in [0, 0.05) is 16.2 Å². The summed E-state index contributed by atoms with van der Waals surface area (Å²) in [6.07, 6.45) is 4.06. The topological polar surface area (TPSA) is 15.8 Å². The molecule has 3 aromatic rings. The van der Waals surface area contributed by atoms with Crippen molar-refractivity contribution in [1.29, 1.82) is 0 Å². The second-order valence-corrected chi connectivity index (χ2v) is 4.57. The van der Waals surface area contributed by atoms with E-state index in [1.165, 1.54) is 5.39 Å². The predicted octanol–water partition coefficient (Wildman–Crippen LogP) is 4.99. The van der Waals surface area contributed by atoms with E-state index < -0.39 is 0 Å². The molecule has 2 aromatic carbocycles. The Kier molecular flexibility index (Phi) is 2.91. The summed E-state index contributed by atoms with van der Waals surface area (Å²) in [6.45, 7) is 0. The lowest BCUT2D eigenvalue weighted by molar-refractivity contribution is 1.43. The van der Waals surface area contributed by atoms with Crippen LogP contribution in [-0.4, -0.2) is 4.98 Å². The van der Waals surface area contributed by atoms with E-state index in [4.69, 9.17) is 11.6 Å². The molecule has 0 radical (unpaired) electrons. The van der Waals surface area contributed by atoms with Gasteiger partial charge in [-0.25, -0.2) is 0 Å². The highest BCUT2D eigenvalue weighted by atomic mass is 35.5. The zero-order valence-electron chi connectivity index (χ0n) is 9.73. The smallest absolute Gasteiger partial charge is 0.0478 e. The molecule has 88 valence electrons. The first-order chi connectivity index (χ1) is 8.83. The number of hydrogen-bond acceptors (Lipinski definition) is 0. The first-order valence-electron chi connectivity index (χ1n) is 5.83. The third kappa shape index (κ3) is 2.18.